The average molecular weight is 291 g/mol. The maximum atomic E-state index is 11.7. The van der Waals surface area contributed by atoms with Gasteiger partial charge in [-0.25, -0.2) is 0 Å². The summed E-state index contributed by atoms with van der Waals surface area (Å²) >= 11 is 0. The molecular weight excluding hydrogens is 264 g/mol. The van der Waals surface area contributed by atoms with E-state index in [9.17, 15) is 4.79 Å². The van der Waals surface area contributed by atoms with Crippen molar-refractivity contribution >= 4 is 18.3 Å². The molecule has 1 saturated carbocycles. The first-order valence-corrected chi connectivity index (χ1v) is 7.40. The molecule has 0 radical (unpaired) electrons. The highest BCUT2D eigenvalue weighted by Gasteiger charge is 2.23. The van der Waals surface area contributed by atoms with Crippen LogP contribution >= 0.6 is 12.4 Å². The van der Waals surface area contributed by atoms with Crippen LogP contribution in [0.25, 0.3) is 0 Å². The lowest BCUT2D eigenvalue weighted by atomic mass is 9.88. The number of halogens is 1. The van der Waals surface area contributed by atoms with E-state index in [-0.39, 0.29) is 24.4 Å². The molecule has 0 spiro atoms. The highest BCUT2D eigenvalue weighted by molar-refractivity contribution is 5.85. The summed E-state index contributed by atoms with van der Waals surface area (Å²) in [4.78, 5) is 11.7. The Labute approximate surface area is 122 Å². The minimum absolute atomic E-state index is 0. The lowest BCUT2D eigenvalue weighted by Crippen LogP contribution is -2.42. The van der Waals surface area contributed by atoms with E-state index in [1.807, 2.05) is 0 Å². The Morgan fingerprint density at radius 3 is 2.74 bits per heavy atom. The van der Waals surface area contributed by atoms with Gasteiger partial charge in [-0.3, -0.25) is 4.79 Å². The van der Waals surface area contributed by atoms with Crippen LogP contribution in [0.15, 0.2) is 0 Å². The summed E-state index contributed by atoms with van der Waals surface area (Å²) in [6.07, 6.45) is 7.56. The Morgan fingerprint density at radius 1 is 1.26 bits per heavy atom. The minimum Gasteiger partial charge on any atom is -0.376 e. The number of hydrogen-bond donors (Lipinski definition) is 2. The van der Waals surface area contributed by atoms with Gasteiger partial charge in [0.15, 0.2) is 0 Å². The number of ether oxygens (including phenoxy) is 1. The van der Waals surface area contributed by atoms with Crippen LogP contribution < -0.4 is 10.6 Å². The summed E-state index contributed by atoms with van der Waals surface area (Å²) in [6.45, 7) is 4.52. The molecule has 1 aliphatic carbocycles. The molecule has 2 N–H and O–H groups in total. The third-order valence-corrected chi connectivity index (χ3v) is 4.14. The fourth-order valence-electron chi connectivity index (χ4n) is 2.95. The molecule has 1 aliphatic heterocycles. The topological polar surface area (TPSA) is 50.4 Å². The summed E-state index contributed by atoms with van der Waals surface area (Å²) in [5.41, 5.74) is 0. The predicted molar refractivity (Wildman–Crippen MR) is 78.7 cm³/mol. The van der Waals surface area contributed by atoms with E-state index in [0.29, 0.717) is 25.2 Å². The molecule has 4 nitrogen and oxygen atoms in total. The third-order valence-electron chi connectivity index (χ3n) is 4.14. The van der Waals surface area contributed by atoms with Crippen LogP contribution in [0.3, 0.4) is 0 Å². The highest BCUT2D eigenvalue weighted by Crippen LogP contribution is 2.25. The summed E-state index contributed by atoms with van der Waals surface area (Å²) in [6, 6.07) is 0.0265. The van der Waals surface area contributed by atoms with Crippen LogP contribution in [-0.2, 0) is 9.53 Å². The molecule has 3 atom stereocenters. The average Bonchev–Trinajstić information content (AvgIpc) is 2.90. The van der Waals surface area contributed by atoms with E-state index in [1.165, 1.54) is 25.7 Å². The van der Waals surface area contributed by atoms with Crippen LogP contribution in [0.4, 0.5) is 0 Å². The molecule has 0 aromatic heterocycles. The van der Waals surface area contributed by atoms with Gasteiger partial charge in [-0.05, 0) is 38.1 Å². The SMILES string of the molecule is CC1CCCCC1OCCNC(=O)C1CCCN1.Cl. The van der Waals surface area contributed by atoms with Gasteiger partial charge < -0.3 is 15.4 Å². The summed E-state index contributed by atoms with van der Waals surface area (Å²) in [7, 11) is 0. The zero-order chi connectivity index (χ0) is 12.8. The van der Waals surface area contributed by atoms with Crippen molar-refractivity contribution in [1.82, 2.24) is 10.6 Å². The van der Waals surface area contributed by atoms with Gasteiger partial charge in [-0.1, -0.05) is 19.8 Å². The van der Waals surface area contributed by atoms with Gasteiger partial charge in [0.25, 0.3) is 0 Å². The first-order valence-electron chi connectivity index (χ1n) is 7.40. The molecule has 2 fully saturated rings. The third kappa shape index (κ3) is 5.28. The van der Waals surface area contributed by atoms with Crippen LogP contribution in [0.5, 0.6) is 0 Å². The van der Waals surface area contributed by atoms with Crippen molar-refractivity contribution in [2.45, 2.75) is 57.6 Å². The largest absolute Gasteiger partial charge is 0.376 e. The summed E-state index contributed by atoms with van der Waals surface area (Å²) < 4.78 is 5.87. The Kier molecular flexibility index (Phi) is 7.73. The van der Waals surface area contributed by atoms with Crippen molar-refractivity contribution in [2.75, 3.05) is 19.7 Å². The highest BCUT2D eigenvalue weighted by atomic mass is 35.5. The Hall–Kier alpha value is -0.320. The van der Waals surface area contributed by atoms with Gasteiger partial charge in [-0.15, -0.1) is 12.4 Å². The number of carbonyl (C=O) groups excluding carboxylic acids is 1. The van der Waals surface area contributed by atoms with E-state index in [1.54, 1.807) is 0 Å². The molecule has 1 heterocycles. The first-order chi connectivity index (χ1) is 8.77. The molecule has 3 unspecified atom stereocenters. The quantitative estimate of drug-likeness (QED) is 0.760. The second kappa shape index (κ2) is 8.77. The van der Waals surface area contributed by atoms with Crippen molar-refractivity contribution in [1.29, 1.82) is 0 Å². The smallest absolute Gasteiger partial charge is 0.237 e. The number of nitrogens with one attached hydrogen (secondary N) is 2. The Balaban J connectivity index is 0.00000180. The summed E-state index contributed by atoms with van der Waals surface area (Å²) in [5, 5.41) is 6.15. The van der Waals surface area contributed by atoms with Crippen LogP contribution in [0, 0.1) is 5.92 Å². The van der Waals surface area contributed by atoms with E-state index in [2.05, 4.69) is 17.6 Å². The van der Waals surface area contributed by atoms with Gasteiger partial charge >= 0.3 is 0 Å². The second-order valence-corrected chi connectivity index (χ2v) is 5.61. The van der Waals surface area contributed by atoms with Crippen molar-refractivity contribution in [3.8, 4) is 0 Å². The fourth-order valence-corrected chi connectivity index (χ4v) is 2.95. The molecule has 5 heteroatoms. The second-order valence-electron chi connectivity index (χ2n) is 5.61. The monoisotopic (exact) mass is 290 g/mol. The lowest BCUT2D eigenvalue weighted by Gasteiger charge is -2.28. The van der Waals surface area contributed by atoms with Gasteiger partial charge in [0.1, 0.15) is 0 Å². The maximum absolute atomic E-state index is 11.7. The van der Waals surface area contributed by atoms with Gasteiger partial charge in [-0.2, -0.15) is 0 Å². The number of hydrogen-bond acceptors (Lipinski definition) is 3. The molecule has 112 valence electrons. The minimum atomic E-state index is 0. The molecule has 0 bridgehead atoms. The first kappa shape index (κ1) is 16.7. The van der Waals surface area contributed by atoms with Gasteiger partial charge in [0.2, 0.25) is 5.91 Å². The van der Waals surface area contributed by atoms with Gasteiger partial charge in [0.05, 0.1) is 18.8 Å². The number of carbonyl (C=O) groups is 1. The maximum Gasteiger partial charge on any atom is 0.237 e. The van der Waals surface area contributed by atoms with E-state index < -0.39 is 0 Å². The predicted octanol–water partition coefficient (Wildman–Crippen LogP) is 1.87. The van der Waals surface area contributed by atoms with Crippen LogP contribution in [0.2, 0.25) is 0 Å². The molecular formula is C14H27ClN2O2. The fraction of sp³-hybridized carbons (Fsp3) is 0.929. The van der Waals surface area contributed by atoms with E-state index >= 15 is 0 Å². The molecule has 0 aromatic rings. The molecule has 1 amide bonds. The van der Waals surface area contributed by atoms with E-state index in [4.69, 9.17) is 4.74 Å². The zero-order valence-electron chi connectivity index (χ0n) is 11.8. The molecule has 0 aromatic carbocycles. The van der Waals surface area contributed by atoms with Crippen LogP contribution in [-0.4, -0.2) is 37.7 Å². The van der Waals surface area contributed by atoms with E-state index in [0.717, 1.165) is 19.4 Å². The van der Waals surface area contributed by atoms with Crippen molar-refractivity contribution in [3.63, 3.8) is 0 Å². The Morgan fingerprint density at radius 2 is 2.05 bits per heavy atom. The lowest BCUT2D eigenvalue weighted by molar-refractivity contribution is -0.123. The Bertz CT molecular complexity index is 270. The van der Waals surface area contributed by atoms with Crippen molar-refractivity contribution in [3.05, 3.63) is 0 Å². The van der Waals surface area contributed by atoms with Crippen LogP contribution in [0.1, 0.15) is 45.4 Å². The number of amides is 1. The normalized spacial score (nSPS) is 30.7. The summed E-state index contributed by atoms with van der Waals surface area (Å²) in [5.74, 6) is 0.804. The van der Waals surface area contributed by atoms with Gasteiger partial charge in [0, 0.05) is 6.54 Å². The molecule has 19 heavy (non-hydrogen) atoms. The number of rotatable bonds is 5. The molecule has 2 aliphatic rings. The van der Waals surface area contributed by atoms with Crippen molar-refractivity contribution in [2.24, 2.45) is 5.92 Å². The standard InChI is InChI=1S/C14H26N2O2.ClH/c1-11-5-2-3-7-13(11)18-10-9-16-14(17)12-6-4-8-15-12;/h11-13,15H,2-10H2,1H3,(H,16,17);1H. The zero-order valence-corrected chi connectivity index (χ0v) is 12.6. The molecule has 2 rings (SSSR count). The molecule has 1 saturated heterocycles. The van der Waals surface area contributed by atoms with Crippen molar-refractivity contribution < 1.29 is 9.53 Å².